The van der Waals surface area contributed by atoms with Crippen LogP contribution in [0.1, 0.15) is 51.9 Å². The van der Waals surface area contributed by atoms with E-state index in [0.29, 0.717) is 6.73 Å². The molecule has 136 valence electrons. The molecule has 4 nitrogen and oxygen atoms in total. The van der Waals surface area contributed by atoms with E-state index in [-0.39, 0.29) is 12.4 Å². The minimum atomic E-state index is 0. The largest absolute Gasteiger partial charge is 1.00 e. The fraction of sp³-hybridized carbons (Fsp3) is 0.632. The molecular weight excluding hydrogens is 324 g/mol. The third-order valence-electron chi connectivity index (χ3n) is 4.31. The fourth-order valence-corrected chi connectivity index (χ4v) is 2.92. The van der Waals surface area contributed by atoms with E-state index in [4.69, 9.17) is 9.47 Å². The summed E-state index contributed by atoms with van der Waals surface area (Å²) in [6.45, 7) is 3.69. The van der Waals surface area contributed by atoms with Gasteiger partial charge in [-0.2, -0.15) is 0 Å². The Morgan fingerprint density at radius 1 is 1.04 bits per heavy atom. The highest BCUT2D eigenvalue weighted by molar-refractivity contribution is 5.73. The summed E-state index contributed by atoms with van der Waals surface area (Å²) in [6.07, 6.45) is 11.3. The van der Waals surface area contributed by atoms with E-state index in [1.807, 2.05) is 6.07 Å². The lowest BCUT2D eigenvalue weighted by Gasteiger charge is -2.03. The highest BCUT2D eigenvalue weighted by Gasteiger charge is 2.13. The number of ether oxygens (including phenoxy) is 2. The maximum Gasteiger partial charge on any atom is 0.246 e. The third kappa shape index (κ3) is 5.99. The molecule has 0 amide bonds. The molecule has 0 spiro atoms. The van der Waals surface area contributed by atoms with Crippen LogP contribution in [0.15, 0.2) is 24.5 Å². The highest BCUT2D eigenvalue weighted by atomic mass is 35.5. The summed E-state index contributed by atoms with van der Waals surface area (Å²) in [5, 5.41) is 0. The van der Waals surface area contributed by atoms with E-state index in [0.717, 1.165) is 24.3 Å². The van der Waals surface area contributed by atoms with Crippen molar-refractivity contribution < 1.29 is 26.4 Å². The van der Waals surface area contributed by atoms with Gasteiger partial charge < -0.3 is 21.9 Å². The van der Waals surface area contributed by atoms with E-state index < -0.39 is 0 Å². The predicted octanol–water partition coefficient (Wildman–Crippen LogP) is 1.20. The van der Waals surface area contributed by atoms with Gasteiger partial charge in [0.15, 0.2) is 17.8 Å². The Morgan fingerprint density at radius 3 is 2.46 bits per heavy atom. The summed E-state index contributed by atoms with van der Waals surface area (Å²) in [4.78, 5) is 0. The molecule has 0 saturated carbocycles. The quantitative estimate of drug-likeness (QED) is 0.448. The third-order valence-corrected chi connectivity index (χ3v) is 4.31. The number of methoxy groups -OCH3 is 1. The summed E-state index contributed by atoms with van der Waals surface area (Å²) in [5.41, 5.74) is 2.33. The normalized spacial score (nSPS) is 10.8. The molecule has 0 atom stereocenters. The number of hydrogen-bond acceptors (Lipinski definition) is 2. The molecule has 1 aromatic carbocycles. The van der Waals surface area contributed by atoms with Gasteiger partial charge >= 0.3 is 0 Å². The number of fused-ring (bicyclic) bond motifs is 1. The lowest BCUT2D eigenvalue weighted by atomic mass is 10.1. The van der Waals surface area contributed by atoms with Gasteiger partial charge in [-0.1, -0.05) is 45.4 Å². The van der Waals surface area contributed by atoms with Crippen molar-refractivity contribution in [2.24, 2.45) is 7.05 Å². The zero-order valence-electron chi connectivity index (χ0n) is 15.3. The minimum Gasteiger partial charge on any atom is -1.00 e. The second kappa shape index (κ2) is 11.3. The lowest BCUT2D eigenvalue weighted by Crippen LogP contribution is -3.00. The molecule has 0 N–H and O–H groups in total. The Hall–Kier alpha value is -1.26. The zero-order chi connectivity index (χ0) is 16.5. The molecule has 2 aromatic rings. The van der Waals surface area contributed by atoms with E-state index in [9.17, 15) is 0 Å². The first-order valence-corrected chi connectivity index (χ1v) is 8.86. The molecular formula is C19H31ClN2O2. The Morgan fingerprint density at radius 2 is 1.75 bits per heavy atom. The van der Waals surface area contributed by atoms with Gasteiger partial charge in [0.25, 0.3) is 0 Å². The van der Waals surface area contributed by atoms with E-state index in [1.54, 1.807) is 7.11 Å². The summed E-state index contributed by atoms with van der Waals surface area (Å²) >= 11 is 0. The summed E-state index contributed by atoms with van der Waals surface area (Å²) < 4.78 is 15.4. The van der Waals surface area contributed by atoms with Gasteiger partial charge in [0, 0.05) is 6.07 Å². The van der Waals surface area contributed by atoms with Gasteiger partial charge in [0.2, 0.25) is 6.33 Å². The standard InChI is InChI=1S/C19H31N2O2.ClH/c1-4-5-6-7-8-9-10-13-23-16-21-15-20(2)18-12-11-17(22-3)14-19(18)21;/h11-12,14-15H,4-10,13,16H2,1-3H3;1H/q+1;/p-1. The van der Waals surface area contributed by atoms with Gasteiger partial charge in [0.1, 0.15) is 5.75 Å². The molecule has 0 fully saturated rings. The van der Waals surface area contributed by atoms with Crippen molar-refractivity contribution in [1.82, 2.24) is 4.57 Å². The van der Waals surface area contributed by atoms with Crippen LogP contribution in [0.5, 0.6) is 5.75 Å². The first-order valence-electron chi connectivity index (χ1n) is 8.86. The van der Waals surface area contributed by atoms with Crippen LogP contribution in [-0.2, 0) is 18.5 Å². The number of unbranched alkanes of at least 4 members (excludes halogenated alkanes) is 6. The topological polar surface area (TPSA) is 27.3 Å². The molecule has 0 saturated heterocycles. The van der Waals surface area contributed by atoms with Crippen LogP contribution in [0.2, 0.25) is 0 Å². The Labute approximate surface area is 152 Å². The number of nitrogens with zero attached hydrogens (tertiary/aromatic N) is 2. The first-order chi connectivity index (χ1) is 11.3. The number of benzene rings is 1. The van der Waals surface area contributed by atoms with Crippen LogP contribution < -0.4 is 21.7 Å². The molecule has 0 bridgehead atoms. The average molecular weight is 355 g/mol. The Bertz CT molecular complexity index is 598. The van der Waals surface area contributed by atoms with E-state index >= 15 is 0 Å². The smallest absolute Gasteiger partial charge is 0.246 e. The average Bonchev–Trinajstić information content (AvgIpc) is 2.89. The lowest BCUT2D eigenvalue weighted by molar-refractivity contribution is -0.646. The van der Waals surface area contributed by atoms with Gasteiger partial charge in [-0.3, -0.25) is 0 Å². The predicted molar refractivity (Wildman–Crippen MR) is 93.6 cm³/mol. The second-order valence-electron chi connectivity index (χ2n) is 6.21. The molecule has 1 heterocycles. The molecule has 0 aliphatic carbocycles. The summed E-state index contributed by atoms with van der Waals surface area (Å²) in [7, 11) is 3.76. The van der Waals surface area contributed by atoms with Crippen LogP contribution in [0.4, 0.5) is 0 Å². The van der Waals surface area contributed by atoms with Crippen molar-refractivity contribution in [3.8, 4) is 5.75 Å². The van der Waals surface area contributed by atoms with Crippen molar-refractivity contribution in [3.05, 3.63) is 24.5 Å². The fourth-order valence-electron chi connectivity index (χ4n) is 2.92. The maximum absolute atomic E-state index is 5.85. The SMILES string of the molecule is CCCCCCCCCOCn1c[n+](C)c2ccc(OC)cc21.[Cl-]. The van der Waals surface area contributed by atoms with E-state index in [2.05, 4.69) is 41.6 Å². The molecule has 1 aromatic heterocycles. The van der Waals surface area contributed by atoms with Gasteiger partial charge in [-0.25, -0.2) is 9.13 Å². The van der Waals surface area contributed by atoms with Crippen molar-refractivity contribution >= 4 is 11.0 Å². The zero-order valence-corrected chi connectivity index (χ0v) is 16.0. The Kier molecular flexibility index (Phi) is 9.80. The molecule has 5 heteroatoms. The van der Waals surface area contributed by atoms with Crippen LogP contribution in [0, 0.1) is 0 Å². The maximum atomic E-state index is 5.85. The summed E-state index contributed by atoms with van der Waals surface area (Å²) in [5.74, 6) is 0.879. The van der Waals surface area contributed by atoms with Crippen molar-refractivity contribution in [2.75, 3.05) is 13.7 Å². The van der Waals surface area contributed by atoms with E-state index in [1.165, 1.54) is 44.0 Å². The van der Waals surface area contributed by atoms with Crippen molar-refractivity contribution in [3.63, 3.8) is 0 Å². The number of rotatable bonds is 11. The Balaban J connectivity index is 0.00000288. The van der Waals surface area contributed by atoms with Gasteiger partial charge in [-0.15, -0.1) is 0 Å². The monoisotopic (exact) mass is 354 g/mol. The summed E-state index contributed by atoms with van der Waals surface area (Å²) in [6, 6.07) is 6.14. The van der Waals surface area contributed by atoms with Crippen LogP contribution in [0.3, 0.4) is 0 Å². The van der Waals surface area contributed by atoms with Crippen LogP contribution in [-0.4, -0.2) is 18.3 Å². The molecule has 2 rings (SSSR count). The van der Waals surface area contributed by atoms with Crippen molar-refractivity contribution in [2.45, 2.75) is 58.6 Å². The molecule has 0 aliphatic rings. The van der Waals surface area contributed by atoms with Gasteiger partial charge in [-0.05, 0) is 18.6 Å². The molecule has 0 aliphatic heterocycles. The number of aryl methyl sites for hydroxylation is 1. The number of aromatic nitrogens is 2. The molecule has 0 radical (unpaired) electrons. The van der Waals surface area contributed by atoms with Gasteiger partial charge in [0.05, 0.1) is 20.8 Å². The van der Waals surface area contributed by atoms with Crippen LogP contribution in [0.25, 0.3) is 11.0 Å². The first kappa shape index (κ1) is 20.8. The number of halogens is 1. The number of imidazole rings is 1. The molecule has 24 heavy (non-hydrogen) atoms. The van der Waals surface area contributed by atoms with Crippen molar-refractivity contribution in [1.29, 1.82) is 0 Å². The highest BCUT2D eigenvalue weighted by Crippen LogP contribution is 2.18. The minimum absolute atomic E-state index is 0. The van der Waals surface area contributed by atoms with Crippen LogP contribution >= 0.6 is 0 Å². The second-order valence-corrected chi connectivity index (χ2v) is 6.21. The molecule has 0 unspecified atom stereocenters. The number of hydrogen-bond donors (Lipinski definition) is 0.